The number of aryl methyl sites for hydroxylation is 1. The second kappa shape index (κ2) is 11.2. The summed E-state index contributed by atoms with van der Waals surface area (Å²) in [6.45, 7) is 3.93. The van der Waals surface area contributed by atoms with Crippen molar-refractivity contribution >= 4 is 29.0 Å². The SMILES string of the molecule is Cc1ccc(C(C)NC(=O)Nc2cc(C(F)(F)F)ccc2CN(C)C)cc1NC(=O)c1cnc2ccccn12. The number of hydrogen-bond donors (Lipinski definition) is 3. The molecule has 1 atom stereocenters. The molecule has 0 aliphatic rings. The number of carbonyl (C=O) groups is 2. The first-order valence-electron chi connectivity index (χ1n) is 12.2. The number of carbonyl (C=O) groups excluding carboxylic acids is 2. The molecule has 0 saturated heterocycles. The van der Waals surface area contributed by atoms with Gasteiger partial charge < -0.3 is 20.9 Å². The van der Waals surface area contributed by atoms with Crippen molar-refractivity contribution in [2.45, 2.75) is 32.6 Å². The number of pyridine rings is 1. The molecule has 0 saturated carbocycles. The van der Waals surface area contributed by atoms with E-state index in [2.05, 4.69) is 20.9 Å². The van der Waals surface area contributed by atoms with E-state index in [9.17, 15) is 22.8 Å². The van der Waals surface area contributed by atoms with Crippen LogP contribution in [0.15, 0.2) is 67.0 Å². The maximum absolute atomic E-state index is 13.3. The molecule has 1 unspecified atom stereocenters. The fourth-order valence-corrected chi connectivity index (χ4v) is 4.12. The van der Waals surface area contributed by atoms with E-state index in [1.165, 1.54) is 12.3 Å². The van der Waals surface area contributed by atoms with E-state index >= 15 is 0 Å². The van der Waals surface area contributed by atoms with E-state index in [1.54, 1.807) is 54.7 Å². The number of imidazole rings is 1. The van der Waals surface area contributed by atoms with Gasteiger partial charge in [0.15, 0.2) is 0 Å². The third kappa shape index (κ3) is 6.55. The van der Waals surface area contributed by atoms with Crippen LogP contribution in [-0.2, 0) is 12.7 Å². The highest BCUT2D eigenvalue weighted by Gasteiger charge is 2.31. The van der Waals surface area contributed by atoms with Crippen LogP contribution in [0.1, 0.15) is 45.7 Å². The van der Waals surface area contributed by atoms with E-state index < -0.39 is 23.8 Å². The highest BCUT2D eigenvalue weighted by atomic mass is 19.4. The van der Waals surface area contributed by atoms with Crippen molar-refractivity contribution in [2.75, 3.05) is 24.7 Å². The van der Waals surface area contributed by atoms with Crippen molar-refractivity contribution in [1.29, 1.82) is 0 Å². The van der Waals surface area contributed by atoms with E-state index in [4.69, 9.17) is 0 Å². The molecule has 0 radical (unpaired) electrons. The Labute approximate surface area is 223 Å². The number of fused-ring (bicyclic) bond motifs is 1. The number of anilines is 2. The number of urea groups is 1. The predicted octanol–water partition coefficient (Wildman–Crippen LogP) is 5.86. The monoisotopic (exact) mass is 538 g/mol. The summed E-state index contributed by atoms with van der Waals surface area (Å²) >= 11 is 0. The van der Waals surface area contributed by atoms with Crippen molar-refractivity contribution in [1.82, 2.24) is 19.6 Å². The lowest BCUT2D eigenvalue weighted by Crippen LogP contribution is -2.32. The van der Waals surface area contributed by atoms with Crippen LogP contribution in [0.25, 0.3) is 5.65 Å². The Bertz CT molecular complexity index is 1510. The van der Waals surface area contributed by atoms with Crippen molar-refractivity contribution in [3.05, 3.63) is 94.9 Å². The van der Waals surface area contributed by atoms with Gasteiger partial charge in [-0.3, -0.25) is 9.20 Å². The fourth-order valence-electron chi connectivity index (χ4n) is 4.12. The fraction of sp³-hybridized carbons (Fsp3) is 0.250. The van der Waals surface area contributed by atoms with Gasteiger partial charge in [0.1, 0.15) is 11.3 Å². The van der Waals surface area contributed by atoms with Gasteiger partial charge in [-0.15, -0.1) is 0 Å². The zero-order chi connectivity index (χ0) is 28.3. The number of hydrogen-bond acceptors (Lipinski definition) is 4. The van der Waals surface area contributed by atoms with Crippen molar-refractivity contribution in [2.24, 2.45) is 0 Å². The van der Waals surface area contributed by atoms with Crippen LogP contribution in [0.3, 0.4) is 0 Å². The van der Waals surface area contributed by atoms with Gasteiger partial charge in [-0.1, -0.05) is 24.3 Å². The standard InChI is InChI=1S/C28H29F3N6O2/c1-17-8-9-19(13-22(17)34-26(38)24-15-32-25-7-5-6-12-37(24)25)18(2)33-27(39)35-23-14-21(28(29,30)31)11-10-20(23)16-36(3)4/h5-15,18H,16H2,1-4H3,(H,34,38)(H2,33,35,39). The lowest BCUT2D eigenvalue weighted by molar-refractivity contribution is -0.137. The second-order valence-electron chi connectivity index (χ2n) is 9.53. The Hall–Kier alpha value is -4.38. The van der Waals surface area contributed by atoms with Crippen LogP contribution >= 0.6 is 0 Å². The summed E-state index contributed by atoms with van der Waals surface area (Å²) < 4.78 is 41.5. The number of aromatic nitrogens is 2. The molecular formula is C28H29F3N6O2. The summed E-state index contributed by atoms with van der Waals surface area (Å²) in [6, 6.07) is 12.9. The van der Waals surface area contributed by atoms with Crippen LogP contribution in [0.4, 0.5) is 29.3 Å². The first-order chi connectivity index (χ1) is 18.4. The summed E-state index contributed by atoms with van der Waals surface area (Å²) in [5, 5.41) is 8.23. The summed E-state index contributed by atoms with van der Waals surface area (Å²) in [6.07, 6.45) is -1.29. The first-order valence-corrected chi connectivity index (χ1v) is 12.2. The van der Waals surface area contributed by atoms with E-state index in [-0.39, 0.29) is 11.6 Å². The predicted molar refractivity (Wildman–Crippen MR) is 144 cm³/mol. The summed E-state index contributed by atoms with van der Waals surface area (Å²) in [7, 11) is 3.57. The molecule has 0 aliphatic heterocycles. The molecular weight excluding hydrogens is 509 g/mol. The molecule has 4 aromatic rings. The van der Waals surface area contributed by atoms with Gasteiger partial charge in [-0.05, 0) is 75.0 Å². The number of benzene rings is 2. The molecule has 8 nitrogen and oxygen atoms in total. The molecule has 0 aliphatic carbocycles. The average molecular weight is 539 g/mol. The number of nitrogens with zero attached hydrogens (tertiary/aromatic N) is 3. The van der Waals surface area contributed by atoms with Gasteiger partial charge in [0.2, 0.25) is 0 Å². The van der Waals surface area contributed by atoms with Crippen molar-refractivity contribution < 1.29 is 22.8 Å². The van der Waals surface area contributed by atoms with Crippen molar-refractivity contribution in [3.63, 3.8) is 0 Å². The van der Waals surface area contributed by atoms with Gasteiger partial charge in [-0.25, -0.2) is 9.78 Å². The molecule has 204 valence electrons. The third-order valence-corrected chi connectivity index (χ3v) is 6.18. The smallest absolute Gasteiger partial charge is 0.331 e. The molecule has 4 rings (SSSR count). The van der Waals surface area contributed by atoms with Gasteiger partial charge in [0, 0.05) is 24.1 Å². The number of alkyl halides is 3. The second-order valence-corrected chi connectivity index (χ2v) is 9.53. The van der Waals surface area contributed by atoms with Crippen LogP contribution in [-0.4, -0.2) is 40.3 Å². The summed E-state index contributed by atoms with van der Waals surface area (Å²) in [5.74, 6) is -0.342. The largest absolute Gasteiger partial charge is 0.416 e. The Morgan fingerprint density at radius 1 is 1.03 bits per heavy atom. The maximum atomic E-state index is 13.3. The Balaban J connectivity index is 1.49. The van der Waals surface area contributed by atoms with Crippen LogP contribution in [0.5, 0.6) is 0 Å². The molecule has 3 amide bonds. The molecule has 39 heavy (non-hydrogen) atoms. The lowest BCUT2D eigenvalue weighted by atomic mass is 10.0. The normalized spacial score (nSPS) is 12.4. The minimum atomic E-state index is -4.54. The summed E-state index contributed by atoms with van der Waals surface area (Å²) in [4.78, 5) is 31.8. The summed E-state index contributed by atoms with van der Waals surface area (Å²) in [5.41, 5.74) is 2.86. The Morgan fingerprint density at radius 2 is 1.79 bits per heavy atom. The number of halogens is 3. The number of amides is 3. The maximum Gasteiger partial charge on any atom is 0.416 e. The molecule has 3 N–H and O–H groups in total. The number of rotatable bonds is 7. The van der Waals surface area contributed by atoms with Gasteiger partial charge in [0.05, 0.1) is 17.8 Å². The van der Waals surface area contributed by atoms with Crippen LogP contribution in [0.2, 0.25) is 0 Å². The lowest BCUT2D eigenvalue weighted by Gasteiger charge is -2.20. The Morgan fingerprint density at radius 3 is 2.51 bits per heavy atom. The zero-order valence-corrected chi connectivity index (χ0v) is 21.9. The number of nitrogens with one attached hydrogen (secondary N) is 3. The van der Waals surface area contributed by atoms with Crippen LogP contribution < -0.4 is 16.0 Å². The molecule has 2 aromatic carbocycles. The van der Waals surface area contributed by atoms with Crippen molar-refractivity contribution in [3.8, 4) is 0 Å². The molecule has 0 fully saturated rings. The minimum Gasteiger partial charge on any atom is -0.331 e. The third-order valence-electron chi connectivity index (χ3n) is 6.18. The van der Waals surface area contributed by atoms with Gasteiger partial charge in [-0.2, -0.15) is 13.2 Å². The van der Waals surface area contributed by atoms with Gasteiger partial charge in [0.25, 0.3) is 5.91 Å². The quantitative estimate of drug-likeness (QED) is 0.275. The molecule has 0 bridgehead atoms. The highest BCUT2D eigenvalue weighted by Crippen LogP contribution is 2.32. The Kier molecular flexibility index (Phi) is 7.91. The molecule has 2 aromatic heterocycles. The molecule has 2 heterocycles. The topological polar surface area (TPSA) is 90.8 Å². The zero-order valence-electron chi connectivity index (χ0n) is 21.9. The molecule has 0 spiro atoms. The van der Waals surface area contributed by atoms with E-state index in [0.29, 0.717) is 34.7 Å². The molecule has 11 heteroatoms. The average Bonchev–Trinajstić information content (AvgIpc) is 3.30. The van der Waals surface area contributed by atoms with E-state index in [0.717, 1.165) is 17.7 Å². The first kappa shape index (κ1) is 27.6. The van der Waals surface area contributed by atoms with Gasteiger partial charge >= 0.3 is 12.2 Å². The minimum absolute atomic E-state index is 0.0770. The van der Waals surface area contributed by atoms with E-state index in [1.807, 2.05) is 25.1 Å². The van der Waals surface area contributed by atoms with Crippen LogP contribution in [0, 0.1) is 6.92 Å². The highest BCUT2D eigenvalue weighted by molar-refractivity contribution is 6.04.